The largest absolute Gasteiger partial charge is 0.352 e. The molecule has 0 N–H and O–H groups in total. The van der Waals surface area contributed by atoms with E-state index < -0.39 is 0 Å². The molecule has 0 spiro atoms. The van der Waals surface area contributed by atoms with Crippen molar-refractivity contribution in [3.63, 3.8) is 0 Å². The van der Waals surface area contributed by atoms with Crippen molar-refractivity contribution in [3.8, 4) is 6.07 Å². The summed E-state index contributed by atoms with van der Waals surface area (Å²) >= 11 is 0. The fourth-order valence-corrected chi connectivity index (χ4v) is 2.93. The van der Waals surface area contributed by atoms with Gasteiger partial charge in [0, 0.05) is 17.8 Å². The molecule has 1 saturated carbocycles. The summed E-state index contributed by atoms with van der Waals surface area (Å²) in [4.78, 5) is 0. The van der Waals surface area contributed by atoms with Crippen molar-refractivity contribution in [2.75, 3.05) is 13.2 Å². The fourth-order valence-electron chi connectivity index (χ4n) is 2.93. The summed E-state index contributed by atoms with van der Waals surface area (Å²) in [6.07, 6.45) is 6.61. The lowest BCUT2D eigenvalue weighted by Crippen LogP contribution is -2.38. The van der Waals surface area contributed by atoms with Crippen LogP contribution < -0.4 is 0 Å². The van der Waals surface area contributed by atoms with Gasteiger partial charge in [0.05, 0.1) is 19.3 Å². The highest BCUT2D eigenvalue weighted by atomic mass is 16.7. The molecule has 0 bridgehead atoms. The maximum absolute atomic E-state index is 8.87. The molecule has 3 heteroatoms. The molecule has 3 nitrogen and oxygen atoms in total. The minimum absolute atomic E-state index is 0.00255. The second kappa shape index (κ2) is 6.37. The summed E-state index contributed by atoms with van der Waals surface area (Å²) < 4.78 is 11.7. The van der Waals surface area contributed by atoms with E-state index in [1.165, 1.54) is 12.8 Å². The van der Waals surface area contributed by atoms with Crippen LogP contribution in [0.2, 0.25) is 0 Å². The van der Waals surface area contributed by atoms with Gasteiger partial charge in [-0.05, 0) is 32.1 Å². The maximum atomic E-state index is 8.87. The Morgan fingerprint density at radius 2 is 1.76 bits per heavy atom. The van der Waals surface area contributed by atoms with Crippen molar-refractivity contribution < 1.29 is 9.47 Å². The van der Waals surface area contributed by atoms with E-state index in [0.29, 0.717) is 11.8 Å². The predicted octanol–water partition coefficient (Wildman–Crippen LogP) is 3.11. The molecule has 0 amide bonds. The first-order valence-corrected chi connectivity index (χ1v) is 6.96. The van der Waals surface area contributed by atoms with Crippen LogP contribution in [0, 0.1) is 29.1 Å². The average Bonchev–Trinajstić information content (AvgIpc) is 2.40. The number of nitrogens with zero attached hydrogens (tertiary/aromatic N) is 1. The molecule has 2 aliphatic rings. The van der Waals surface area contributed by atoms with E-state index in [1.54, 1.807) is 0 Å². The fraction of sp³-hybridized carbons (Fsp3) is 0.929. The Morgan fingerprint density at radius 3 is 2.29 bits per heavy atom. The quantitative estimate of drug-likeness (QED) is 0.757. The molecule has 96 valence electrons. The topological polar surface area (TPSA) is 42.2 Å². The van der Waals surface area contributed by atoms with Crippen molar-refractivity contribution in [3.05, 3.63) is 0 Å². The van der Waals surface area contributed by atoms with E-state index in [0.717, 1.165) is 38.9 Å². The van der Waals surface area contributed by atoms with Crippen LogP contribution in [-0.2, 0) is 9.47 Å². The number of hydrogen-bond acceptors (Lipinski definition) is 3. The maximum Gasteiger partial charge on any atom is 0.160 e. The monoisotopic (exact) mass is 237 g/mol. The molecule has 0 aromatic heterocycles. The lowest BCUT2D eigenvalue weighted by molar-refractivity contribution is -0.229. The van der Waals surface area contributed by atoms with Gasteiger partial charge in [-0.2, -0.15) is 5.26 Å². The molecule has 1 saturated heterocycles. The zero-order chi connectivity index (χ0) is 12.1. The zero-order valence-electron chi connectivity index (χ0n) is 10.7. The lowest BCUT2D eigenvalue weighted by atomic mass is 9.82. The minimum atomic E-state index is 0.00255. The van der Waals surface area contributed by atoms with Gasteiger partial charge in [-0.15, -0.1) is 0 Å². The van der Waals surface area contributed by atoms with Gasteiger partial charge in [-0.1, -0.05) is 13.3 Å². The van der Waals surface area contributed by atoms with Crippen LogP contribution in [-0.4, -0.2) is 19.5 Å². The van der Waals surface area contributed by atoms with Crippen molar-refractivity contribution in [2.24, 2.45) is 17.8 Å². The van der Waals surface area contributed by atoms with Crippen LogP contribution in [0.15, 0.2) is 0 Å². The average molecular weight is 237 g/mol. The van der Waals surface area contributed by atoms with Crippen LogP contribution >= 0.6 is 0 Å². The summed E-state index contributed by atoms with van der Waals surface area (Å²) in [5.41, 5.74) is 0. The van der Waals surface area contributed by atoms with Gasteiger partial charge in [-0.25, -0.2) is 0 Å². The highest BCUT2D eigenvalue weighted by Gasteiger charge is 2.32. The van der Waals surface area contributed by atoms with Crippen LogP contribution in [0.25, 0.3) is 0 Å². The Bertz CT molecular complexity index is 258. The summed E-state index contributed by atoms with van der Waals surface area (Å²) in [5, 5.41) is 8.87. The van der Waals surface area contributed by atoms with E-state index in [1.807, 2.05) is 0 Å². The van der Waals surface area contributed by atoms with Crippen molar-refractivity contribution in [2.45, 2.75) is 51.7 Å². The second-order valence-corrected chi connectivity index (χ2v) is 5.43. The molecule has 1 heterocycles. The molecule has 0 radical (unpaired) electrons. The Morgan fingerprint density at radius 1 is 1.12 bits per heavy atom. The SMILES string of the molecule is CCC[C@H]1CO[C@H](C2CCC(C#N)CC2)OC1. The van der Waals surface area contributed by atoms with Crippen LogP contribution in [0.1, 0.15) is 45.4 Å². The lowest BCUT2D eigenvalue weighted by Gasteiger charge is -2.36. The summed E-state index contributed by atoms with van der Waals surface area (Å²) in [6.45, 7) is 3.92. The van der Waals surface area contributed by atoms with E-state index in [-0.39, 0.29) is 12.2 Å². The predicted molar refractivity (Wildman–Crippen MR) is 65.2 cm³/mol. The second-order valence-electron chi connectivity index (χ2n) is 5.43. The summed E-state index contributed by atoms with van der Waals surface area (Å²) in [7, 11) is 0. The van der Waals surface area contributed by atoms with Crippen molar-refractivity contribution in [1.29, 1.82) is 5.26 Å². The van der Waals surface area contributed by atoms with E-state index in [2.05, 4.69) is 13.0 Å². The first kappa shape index (κ1) is 12.9. The third-order valence-electron chi connectivity index (χ3n) is 4.03. The normalized spacial score (nSPS) is 38.6. The first-order valence-electron chi connectivity index (χ1n) is 6.96. The van der Waals surface area contributed by atoms with Gasteiger partial charge < -0.3 is 9.47 Å². The number of rotatable bonds is 3. The highest BCUT2D eigenvalue weighted by Crippen LogP contribution is 2.33. The van der Waals surface area contributed by atoms with Gasteiger partial charge >= 0.3 is 0 Å². The number of hydrogen-bond donors (Lipinski definition) is 0. The van der Waals surface area contributed by atoms with Crippen molar-refractivity contribution >= 4 is 0 Å². The molecule has 2 rings (SSSR count). The molecular weight excluding hydrogens is 214 g/mol. The van der Waals surface area contributed by atoms with Crippen LogP contribution in [0.5, 0.6) is 0 Å². The Labute approximate surface area is 104 Å². The third kappa shape index (κ3) is 3.43. The third-order valence-corrected chi connectivity index (χ3v) is 4.03. The van der Waals surface area contributed by atoms with Crippen LogP contribution in [0.4, 0.5) is 0 Å². The Hall–Kier alpha value is -0.590. The van der Waals surface area contributed by atoms with Gasteiger partial charge in [0.15, 0.2) is 6.29 Å². The van der Waals surface area contributed by atoms with Gasteiger partial charge in [0.2, 0.25) is 0 Å². The summed E-state index contributed by atoms with van der Waals surface area (Å²) in [6, 6.07) is 2.37. The van der Waals surface area contributed by atoms with E-state index in [9.17, 15) is 0 Å². The molecule has 0 atom stereocenters. The highest BCUT2D eigenvalue weighted by molar-refractivity contribution is 4.88. The smallest absolute Gasteiger partial charge is 0.160 e. The standard InChI is InChI=1S/C14H23NO2/c1-2-3-12-9-16-14(17-10-12)13-6-4-11(8-15)5-7-13/h11-14H,2-7,9-10H2,1H3/t11?,12-,13?,14-. The number of nitriles is 1. The van der Waals surface area contributed by atoms with Gasteiger partial charge in [0.1, 0.15) is 0 Å². The van der Waals surface area contributed by atoms with Gasteiger partial charge in [0.25, 0.3) is 0 Å². The molecule has 0 unspecified atom stereocenters. The number of ether oxygens (including phenoxy) is 2. The Kier molecular flexibility index (Phi) is 4.82. The van der Waals surface area contributed by atoms with Crippen LogP contribution in [0.3, 0.4) is 0 Å². The van der Waals surface area contributed by atoms with Gasteiger partial charge in [-0.3, -0.25) is 0 Å². The summed E-state index contributed by atoms with van der Waals surface area (Å²) in [5.74, 6) is 1.37. The first-order chi connectivity index (χ1) is 8.33. The van der Waals surface area contributed by atoms with E-state index in [4.69, 9.17) is 14.7 Å². The Balaban J connectivity index is 1.72. The van der Waals surface area contributed by atoms with Crippen molar-refractivity contribution in [1.82, 2.24) is 0 Å². The minimum Gasteiger partial charge on any atom is -0.352 e. The molecular formula is C14H23NO2. The molecule has 2 fully saturated rings. The molecule has 1 aliphatic heterocycles. The zero-order valence-corrected chi connectivity index (χ0v) is 10.7. The molecule has 1 aliphatic carbocycles. The molecule has 0 aromatic carbocycles. The molecule has 17 heavy (non-hydrogen) atoms. The molecule has 0 aromatic rings. The van der Waals surface area contributed by atoms with E-state index >= 15 is 0 Å².